The fourth-order valence-electron chi connectivity index (χ4n) is 7.02. The Balaban J connectivity index is 2.41. The number of rotatable bonds is 35. The summed E-state index contributed by atoms with van der Waals surface area (Å²) in [5.74, 6) is -0.257. The predicted molar refractivity (Wildman–Crippen MR) is 204 cm³/mol. The molecule has 0 aromatic rings. The minimum atomic E-state index is -1.60. The second-order valence-electron chi connectivity index (χ2n) is 15.3. The van der Waals surface area contributed by atoms with Crippen molar-refractivity contribution in [2.45, 2.75) is 243 Å². The summed E-state index contributed by atoms with van der Waals surface area (Å²) in [5.41, 5.74) is 0. The molecule has 1 aliphatic rings. The lowest BCUT2D eigenvalue weighted by Crippen LogP contribution is -2.60. The van der Waals surface area contributed by atoms with Crippen LogP contribution in [0.25, 0.3) is 0 Å². The third-order valence-electron chi connectivity index (χ3n) is 10.6. The van der Waals surface area contributed by atoms with E-state index in [0.29, 0.717) is 6.42 Å². The van der Waals surface area contributed by atoms with E-state index in [1.54, 1.807) is 0 Å². The van der Waals surface area contributed by atoms with Gasteiger partial charge in [0, 0.05) is 6.42 Å². The van der Waals surface area contributed by atoms with Crippen LogP contribution in [0.5, 0.6) is 0 Å². The summed E-state index contributed by atoms with van der Waals surface area (Å²) in [6.45, 7) is 3.58. The minimum absolute atomic E-state index is 0.257. The van der Waals surface area contributed by atoms with Crippen molar-refractivity contribution in [1.82, 2.24) is 5.32 Å². The van der Waals surface area contributed by atoms with Crippen molar-refractivity contribution < 1.29 is 44.9 Å². The number of unbranched alkanes of at least 4 members (excludes halogenated alkanes) is 24. The summed E-state index contributed by atoms with van der Waals surface area (Å²) in [6.07, 6.45) is 22.6. The van der Waals surface area contributed by atoms with E-state index >= 15 is 0 Å². The number of hydrogen-bond donors (Lipinski definition) is 7. The molecule has 1 amide bonds. The Kier molecular flexibility index (Phi) is 30.8. The van der Waals surface area contributed by atoms with Crippen LogP contribution in [0, 0.1) is 0 Å². The fourth-order valence-corrected chi connectivity index (χ4v) is 7.02. The highest BCUT2D eigenvalue weighted by Crippen LogP contribution is 2.23. The lowest BCUT2D eigenvalue weighted by Gasteiger charge is -2.40. The summed E-state index contributed by atoms with van der Waals surface area (Å²) in [7, 11) is 0. The van der Waals surface area contributed by atoms with E-state index in [1.807, 2.05) is 0 Å². The molecule has 51 heavy (non-hydrogen) atoms. The lowest BCUT2D eigenvalue weighted by atomic mass is 9.98. The second kappa shape index (κ2) is 32.6. The average molecular weight is 732 g/mol. The van der Waals surface area contributed by atoms with E-state index in [0.717, 1.165) is 44.9 Å². The van der Waals surface area contributed by atoms with E-state index in [1.165, 1.54) is 122 Å². The Hall–Kier alpha value is -0.850. The fraction of sp³-hybridized carbons (Fsp3) is 0.976. The number of aliphatic hydroxyl groups excluding tert-OH is 6. The van der Waals surface area contributed by atoms with Crippen molar-refractivity contribution >= 4 is 5.91 Å². The highest BCUT2D eigenvalue weighted by Gasteiger charge is 2.44. The van der Waals surface area contributed by atoms with E-state index in [4.69, 9.17) is 9.47 Å². The molecule has 0 bridgehead atoms. The highest BCUT2D eigenvalue weighted by molar-refractivity contribution is 5.76. The zero-order chi connectivity index (χ0) is 37.5. The molecule has 0 aromatic carbocycles. The lowest BCUT2D eigenvalue weighted by molar-refractivity contribution is -0.303. The number of amides is 1. The Morgan fingerprint density at radius 1 is 0.608 bits per heavy atom. The Morgan fingerprint density at radius 3 is 1.45 bits per heavy atom. The maximum atomic E-state index is 12.9. The summed E-state index contributed by atoms with van der Waals surface area (Å²) in [4.78, 5) is 12.9. The van der Waals surface area contributed by atoms with Crippen LogP contribution in [0.2, 0.25) is 0 Å². The molecule has 304 valence electrons. The third-order valence-corrected chi connectivity index (χ3v) is 10.6. The van der Waals surface area contributed by atoms with Crippen molar-refractivity contribution in [2.24, 2.45) is 0 Å². The zero-order valence-corrected chi connectivity index (χ0v) is 32.7. The maximum absolute atomic E-state index is 12.9. The molecule has 1 heterocycles. The molecule has 7 N–H and O–H groups in total. The van der Waals surface area contributed by atoms with Crippen molar-refractivity contribution in [1.29, 1.82) is 0 Å². The van der Waals surface area contributed by atoms with Crippen LogP contribution >= 0.6 is 0 Å². The topological polar surface area (TPSA) is 169 Å². The van der Waals surface area contributed by atoms with Crippen LogP contribution in [-0.4, -0.2) is 98.7 Å². The van der Waals surface area contributed by atoms with Crippen LogP contribution in [0.1, 0.15) is 194 Å². The third kappa shape index (κ3) is 23.5. The van der Waals surface area contributed by atoms with Crippen molar-refractivity contribution in [3.63, 3.8) is 0 Å². The molecule has 2 unspecified atom stereocenters. The van der Waals surface area contributed by atoms with Gasteiger partial charge in [0.1, 0.15) is 30.5 Å². The van der Waals surface area contributed by atoms with E-state index in [9.17, 15) is 35.4 Å². The van der Waals surface area contributed by atoms with Gasteiger partial charge in [-0.05, 0) is 12.8 Å². The molecule has 0 saturated carbocycles. The molecular formula is C41H81NO9. The van der Waals surface area contributed by atoms with Gasteiger partial charge in [0.25, 0.3) is 0 Å². The molecule has 1 aliphatic heterocycles. The largest absolute Gasteiger partial charge is 0.394 e. The van der Waals surface area contributed by atoms with Gasteiger partial charge in [-0.15, -0.1) is 0 Å². The number of aliphatic hydroxyl groups is 6. The summed E-state index contributed by atoms with van der Waals surface area (Å²) >= 11 is 0. The maximum Gasteiger partial charge on any atom is 0.220 e. The SMILES string of the molecule is CCCCCCCCCCCCCCCCCCC(=O)N[C@@H](CO[C@@H]1O[C@H](CO)[C@@H](O)C(O)C1O)[C@H](O)[C@H](O)CCCCCCCCCCCC. The van der Waals surface area contributed by atoms with Gasteiger partial charge >= 0.3 is 0 Å². The summed E-state index contributed by atoms with van der Waals surface area (Å²) < 4.78 is 11.1. The zero-order valence-electron chi connectivity index (χ0n) is 32.7. The minimum Gasteiger partial charge on any atom is -0.394 e. The van der Waals surface area contributed by atoms with Gasteiger partial charge in [0.15, 0.2) is 6.29 Å². The van der Waals surface area contributed by atoms with Crippen LogP contribution in [0.3, 0.4) is 0 Å². The van der Waals surface area contributed by atoms with Gasteiger partial charge in [-0.3, -0.25) is 4.79 Å². The van der Waals surface area contributed by atoms with Gasteiger partial charge in [-0.25, -0.2) is 0 Å². The number of hydrogen-bond acceptors (Lipinski definition) is 9. The quantitative estimate of drug-likeness (QED) is 0.0341. The van der Waals surface area contributed by atoms with Gasteiger partial charge in [0.2, 0.25) is 5.91 Å². The van der Waals surface area contributed by atoms with Crippen LogP contribution in [0.15, 0.2) is 0 Å². The number of carbonyl (C=O) groups excluding carboxylic acids is 1. The van der Waals surface area contributed by atoms with Crippen molar-refractivity contribution in [3.8, 4) is 0 Å². The first kappa shape index (κ1) is 48.2. The Labute approximate surface area is 311 Å². The molecule has 10 nitrogen and oxygen atoms in total. The van der Waals surface area contributed by atoms with E-state index in [2.05, 4.69) is 19.2 Å². The molecule has 1 saturated heterocycles. The van der Waals surface area contributed by atoms with E-state index in [-0.39, 0.29) is 18.9 Å². The summed E-state index contributed by atoms with van der Waals surface area (Å²) in [5, 5.41) is 64.9. The predicted octanol–water partition coefficient (Wildman–Crippen LogP) is 6.97. The standard InChI is InChI=1S/C41H81NO9/c1-3-5-7-9-11-13-15-16-17-18-19-20-22-24-26-28-30-36(45)42-33(32-50-41-40(49)39(48)38(47)35(31-43)51-41)37(46)34(44)29-27-25-23-21-14-12-10-8-6-4-2/h33-35,37-41,43-44,46-49H,3-32H2,1-2H3,(H,42,45)/t33-,34+,35+,37-,38+,39?,40?,41+/m0/s1. The monoisotopic (exact) mass is 732 g/mol. The molecule has 0 radical (unpaired) electrons. The highest BCUT2D eigenvalue weighted by atomic mass is 16.7. The van der Waals surface area contributed by atoms with Crippen LogP contribution in [-0.2, 0) is 14.3 Å². The van der Waals surface area contributed by atoms with E-state index < -0.39 is 55.6 Å². The smallest absolute Gasteiger partial charge is 0.220 e. The van der Waals surface area contributed by atoms with Gasteiger partial charge in [-0.2, -0.15) is 0 Å². The number of carbonyl (C=O) groups is 1. The molecule has 10 heteroatoms. The van der Waals surface area contributed by atoms with Crippen molar-refractivity contribution in [3.05, 3.63) is 0 Å². The van der Waals surface area contributed by atoms with Crippen LogP contribution < -0.4 is 5.32 Å². The first-order valence-corrected chi connectivity index (χ1v) is 21.3. The second-order valence-corrected chi connectivity index (χ2v) is 15.3. The first-order chi connectivity index (χ1) is 24.8. The Morgan fingerprint density at radius 2 is 1.02 bits per heavy atom. The van der Waals surface area contributed by atoms with Gasteiger partial charge in [-0.1, -0.05) is 174 Å². The molecule has 0 aliphatic carbocycles. The average Bonchev–Trinajstić information content (AvgIpc) is 3.13. The van der Waals surface area contributed by atoms with Gasteiger partial charge in [0.05, 0.1) is 25.4 Å². The normalized spacial score (nSPS) is 22.5. The Bertz CT molecular complexity index is 788. The molecule has 0 aromatic heterocycles. The molecular weight excluding hydrogens is 650 g/mol. The van der Waals surface area contributed by atoms with Crippen LogP contribution in [0.4, 0.5) is 0 Å². The molecule has 1 fully saturated rings. The molecule has 0 spiro atoms. The van der Waals surface area contributed by atoms with Gasteiger partial charge < -0.3 is 45.4 Å². The number of ether oxygens (including phenoxy) is 2. The number of nitrogens with one attached hydrogen (secondary N) is 1. The summed E-state index contributed by atoms with van der Waals surface area (Å²) in [6, 6.07) is -0.982. The molecule has 8 atom stereocenters. The first-order valence-electron chi connectivity index (χ1n) is 21.3. The van der Waals surface area contributed by atoms with Crippen molar-refractivity contribution in [2.75, 3.05) is 13.2 Å². The molecule has 1 rings (SSSR count).